The monoisotopic (exact) mass is 475 g/mol. The van der Waals surface area contributed by atoms with Gasteiger partial charge in [0.2, 0.25) is 5.91 Å². The van der Waals surface area contributed by atoms with Gasteiger partial charge >= 0.3 is 0 Å². The lowest BCUT2D eigenvalue weighted by atomic mass is 10.2. The van der Waals surface area contributed by atoms with Gasteiger partial charge in [0.15, 0.2) is 6.61 Å². The van der Waals surface area contributed by atoms with E-state index in [4.69, 9.17) is 21.1 Å². The normalized spacial score (nSPS) is 15.6. The molecule has 0 saturated carbocycles. The molecule has 7 nitrogen and oxygen atoms in total. The van der Waals surface area contributed by atoms with Crippen LogP contribution in [-0.4, -0.2) is 49.6 Å². The highest BCUT2D eigenvalue weighted by atomic mass is 35.5. The van der Waals surface area contributed by atoms with Crippen molar-refractivity contribution >= 4 is 41.4 Å². The molecule has 2 aromatic carbocycles. The zero-order valence-corrected chi connectivity index (χ0v) is 19.2. The number of ether oxygens (including phenoxy) is 2. The SMILES string of the molecule is O=C(COc1ccc(/C=N/NC(=O)CSCc2ccccc2Cl)cc1)NCC1CCCO1. The highest BCUT2D eigenvalue weighted by Crippen LogP contribution is 2.20. The van der Waals surface area contributed by atoms with E-state index in [1.54, 1.807) is 30.5 Å². The number of thioether (sulfide) groups is 1. The number of hydrogen-bond donors (Lipinski definition) is 2. The minimum Gasteiger partial charge on any atom is -0.484 e. The van der Waals surface area contributed by atoms with E-state index in [0.29, 0.717) is 23.1 Å². The van der Waals surface area contributed by atoms with Crippen LogP contribution in [0.2, 0.25) is 5.02 Å². The topological polar surface area (TPSA) is 89.0 Å². The Morgan fingerprint density at radius 1 is 1.19 bits per heavy atom. The molecule has 0 aliphatic carbocycles. The van der Waals surface area contributed by atoms with Crippen molar-refractivity contribution in [2.24, 2.45) is 5.10 Å². The Morgan fingerprint density at radius 3 is 2.75 bits per heavy atom. The van der Waals surface area contributed by atoms with Gasteiger partial charge in [0.25, 0.3) is 5.91 Å². The third-order valence-electron chi connectivity index (χ3n) is 4.65. The zero-order valence-electron chi connectivity index (χ0n) is 17.6. The molecule has 1 atom stereocenters. The summed E-state index contributed by atoms with van der Waals surface area (Å²) in [5.41, 5.74) is 4.30. The van der Waals surface area contributed by atoms with Crippen LogP contribution in [-0.2, 0) is 20.1 Å². The van der Waals surface area contributed by atoms with Crippen LogP contribution in [0.1, 0.15) is 24.0 Å². The maximum absolute atomic E-state index is 11.9. The van der Waals surface area contributed by atoms with Crippen molar-refractivity contribution in [3.8, 4) is 5.75 Å². The lowest BCUT2D eigenvalue weighted by Gasteiger charge is -2.11. The number of amides is 2. The molecule has 1 heterocycles. The van der Waals surface area contributed by atoms with Crippen molar-refractivity contribution in [2.75, 3.05) is 25.5 Å². The van der Waals surface area contributed by atoms with E-state index in [9.17, 15) is 9.59 Å². The molecule has 1 aliphatic heterocycles. The number of benzene rings is 2. The fourth-order valence-corrected chi connectivity index (χ4v) is 4.07. The van der Waals surface area contributed by atoms with E-state index in [1.165, 1.54) is 11.8 Å². The molecule has 0 aromatic heterocycles. The average Bonchev–Trinajstić information content (AvgIpc) is 3.32. The first kappa shape index (κ1) is 24.1. The quantitative estimate of drug-likeness (QED) is 0.384. The Bertz CT molecular complexity index is 918. The summed E-state index contributed by atoms with van der Waals surface area (Å²) in [5, 5.41) is 7.48. The first-order chi connectivity index (χ1) is 15.6. The molecule has 0 radical (unpaired) electrons. The van der Waals surface area contributed by atoms with Crippen molar-refractivity contribution in [3.63, 3.8) is 0 Å². The van der Waals surface area contributed by atoms with E-state index in [-0.39, 0.29) is 30.3 Å². The standard InChI is InChI=1S/C23H26ClN3O4S/c24-21-6-2-1-4-18(21)15-32-16-23(29)27-26-12-17-7-9-19(10-8-17)31-14-22(28)25-13-20-5-3-11-30-20/h1-2,4,6-10,12,20H,3,5,11,13-16H2,(H,25,28)(H,27,29)/b26-12+. The number of hydrogen-bond acceptors (Lipinski definition) is 6. The molecule has 0 bridgehead atoms. The second-order valence-corrected chi connectivity index (χ2v) is 8.57. The van der Waals surface area contributed by atoms with Crippen LogP contribution in [0.3, 0.4) is 0 Å². The Hall–Kier alpha value is -2.55. The van der Waals surface area contributed by atoms with Crippen molar-refractivity contribution < 1.29 is 19.1 Å². The molecule has 3 rings (SSSR count). The van der Waals surface area contributed by atoms with E-state index in [1.807, 2.05) is 24.3 Å². The van der Waals surface area contributed by atoms with Crippen molar-refractivity contribution in [2.45, 2.75) is 24.7 Å². The first-order valence-electron chi connectivity index (χ1n) is 10.3. The second kappa shape index (κ2) is 13.1. The predicted octanol–water partition coefficient (Wildman–Crippen LogP) is 3.40. The van der Waals surface area contributed by atoms with Crippen LogP contribution in [0.25, 0.3) is 0 Å². The molecule has 2 N–H and O–H groups in total. The van der Waals surface area contributed by atoms with Gasteiger partial charge in [-0.2, -0.15) is 5.10 Å². The van der Waals surface area contributed by atoms with E-state index >= 15 is 0 Å². The third-order valence-corrected chi connectivity index (χ3v) is 6.00. The second-order valence-electron chi connectivity index (χ2n) is 7.17. The van der Waals surface area contributed by atoms with Gasteiger partial charge in [0.1, 0.15) is 5.75 Å². The van der Waals surface area contributed by atoms with Gasteiger partial charge in [0, 0.05) is 23.9 Å². The smallest absolute Gasteiger partial charge is 0.258 e. The summed E-state index contributed by atoms with van der Waals surface area (Å²) >= 11 is 7.57. The number of carbonyl (C=O) groups excluding carboxylic acids is 2. The summed E-state index contributed by atoms with van der Waals surface area (Å²) in [6, 6.07) is 14.6. The highest BCUT2D eigenvalue weighted by molar-refractivity contribution is 7.99. The van der Waals surface area contributed by atoms with Crippen molar-refractivity contribution in [1.29, 1.82) is 0 Å². The van der Waals surface area contributed by atoms with Gasteiger partial charge in [0.05, 0.1) is 18.1 Å². The molecule has 32 heavy (non-hydrogen) atoms. The number of carbonyl (C=O) groups is 2. The van der Waals surface area contributed by atoms with Crippen LogP contribution in [0.5, 0.6) is 5.75 Å². The molecule has 1 saturated heterocycles. The number of hydrazone groups is 1. The highest BCUT2D eigenvalue weighted by Gasteiger charge is 2.16. The molecule has 2 aromatic rings. The van der Waals surface area contributed by atoms with Gasteiger partial charge in [-0.15, -0.1) is 11.8 Å². The third kappa shape index (κ3) is 8.53. The Morgan fingerprint density at radius 2 is 2.00 bits per heavy atom. The minimum absolute atomic E-state index is 0.0535. The number of nitrogens with zero attached hydrogens (tertiary/aromatic N) is 1. The fraction of sp³-hybridized carbons (Fsp3) is 0.348. The molecular weight excluding hydrogens is 450 g/mol. The molecule has 9 heteroatoms. The number of nitrogens with one attached hydrogen (secondary N) is 2. The maximum Gasteiger partial charge on any atom is 0.258 e. The van der Waals surface area contributed by atoms with Crippen LogP contribution < -0.4 is 15.5 Å². The van der Waals surface area contributed by atoms with Gasteiger partial charge in [-0.25, -0.2) is 5.43 Å². The van der Waals surface area contributed by atoms with Crippen LogP contribution in [0.15, 0.2) is 53.6 Å². The summed E-state index contributed by atoms with van der Waals surface area (Å²) in [6.45, 7) is 1.23. The molecular formula is C23H26ClN3O4S. The van der Waals surface area contributed by atoms with Crippen molar-refractivity contribution in [3.05, 3.63) is 64.7 Å². The van der Waals surface area contributed by atoms with Crippen molar-refractivity contribution in [1.82, 2.24) is 10.7 Å². The summed E-state index contributed by atoms with van der Waals surface area (Å²) in [5.74, 6) is 1.15. The number of rotatable bonds is 11. The van der Waals surface area contributed by atoms with Gasteiger partial charge < -0.3 is 14.8 Å². The maximum atomic E-state index is 11.9. The van der Waals surface area contributed by atoms with Gasteiger partial charge in [-0.3, -0.25) is 9.59 Å². The average molecular weight is 476 g/mol. The van der Waals surface area contributed by atoms with E-state index in [2.05, 4.69) is 15.8 Å². The van der Waals surface area contributed by atoms with Crippen LogP contribution in [0, 0.1) is 0 Å². The molecule has 170 valence electrons. The molecule has 1 aliphatic rings. The van der Waals surface area contributed by atoms with E-state index in [0.717, 1.165) is 30.6 Å². The zero-order chi connectivity index (χ0) is 22.6. The Kier molecular flexibility index (Phi) is 9.87. The first-order valence-corrected chi connectivity index (χ1v) is 11.9. The molecule has 0 spiro atoms. The Labute approximate surface area is 196 Å². The molecule has 2 amide bonds. The summed E-state index contributed by atoms with van der Waals surface area (Å²) in [4.78, 5) is 23.8. The Balaban J connectivity index is 1.31. The largest absolute Gasteiger partial charge is 0.484 e. The van der Waals surface area contributed by atoms with Crippen LogP contribution in [0.4, 0.5) is 0 Å². The van der Waals surface area contributed by atoms with Gasteiger partial charge in [-0.1, -0.05) is 29.8 Å². The number of halogens is 1. The molecule has 1 unspecified atom stereocenters. The molecule has 1 fully saturated rings. The summed E-state index contributed by atoms with van der Waals surface area (Å²) in [7, 11) is 0. The summed E-state index contributed by atoms with van der Waals surface area (Å²) in [6.07, 6.45) is 3.68. The lowest BCUT2D eigenvalue weighted by molar-refractivity contribution is -0.123. The van der Waals surface area contributed by atoms with Gasteiger partial charge in [-0.05, 0) is 54.3 Å². The lowest BCUT2D eigenvalue weighted by Crippen LogP contribution is -2.35. The van der Waals surface area contributed by atoms with Crippen LogP contribution >= 0.6 is 23.4 Å². The van der Waals surface area contributed by atoms with E-state index < -0.39 is 0 Å². The fourth-order valence-electron chi connectivity index (χ4n) is 2.96. The summed E-state index contributed by atoms with van der Waals surface area (Å²) < 4.78 is 11.0. The predicted molar refractivity (Wildman–Crippen MR) is 127 cm³/mol. The minimum atomic E-state index is -0.188.